The van der Waals surface area contributed by atoms with Gasteiger partial charge in [0.25, 0.3) is 0 Å². The Kier molecular flexibility index (Phi) is 7.54. The van der Waals surface area contributed by atoms with Crippen molar-refractivity contribution in [1.82, 2.24) is 14.5 Å². The Hall–Kier alpha value is -7.88. The van der Waals surface area contributed by atoms with Gasteiger partial charge in [-0.05, 0) is 91.3 Å². The molecular formula is C56H35N3. The lowest BCUT2D eigenvalue weighted by Gasteiger charge is -2.13. The van der Waals surface area contributed by atoms with Gasteiger partial charge in [0.2, 0.25) is 0 Å². The minimum atomic E-state index is 0.865. The zero-order chi connectivity index (χ0) is 38.9. The quantitative estimate of drug-likeness (QED) is 0.164. The van der Waals surface area contributed by atoms with Gasteiger partial charge in [0.1, 0.15) is 0 Å². The molecule has 12 aromatic rings. The highest BCUT2D eigenvalue weighted by Crippen LogP contribution is 2.40. The predicted octanol–water partition coefficient (Wildman–Crippen LogP) is 14.9. The van der Waals surface area contributed by atoms with E-state index in [9.17, 15) is 0 Å². The van der Waals surface area contributed by atoms with E-state index in [4.69, 9.17) is 9.97 Å². The molecule has 0 unspecified atom stereocenters. The smallest absolute Gasteiger partial charge is 0.0979 e. The molecule has 59 heavy (non-hydrogen) atoms. The van der Waals surface area contributed by atoms with Crippen LogP contribution in [-0.2, 0) is 0 Å². The number of nitrogens with zero attached hydrogens (tertiary/aromatic N) is 3. The Bertz CT molecular complexity index is 3570. The summed E-state index contributed by atoms with van der Waals surface area (Å²) >= 11 is 0. The molecule has 0 N–H and O–H groups in total. The largest absolute Gasteiger partial charge is 0.309 e. The lowest BCUT2D eigenvalue weighted by molar-refractivity contribution is 1.18. The molecule has 0 saturated carbocycles. The van der Waals surface area contributed by atoms with Crippen molar-refractivity contribution in [2.24, 2.45) is 0 Å². The molecule has 12 rings (SSSR count). The fourth-order valence-corrected chi connectivity index (χ4v) is 9.27. The number of fused-ring (bicyclic) bond motifs is 10. The van der Waals surface area contributed by atoms with Crippen molar-refractivity contribution < 1.29 is 0 Å². The second-order valence-electron chi connectivity index (χ2n) is 15.3. The highest BCUT2D eigenvalue weighted by atomic mass is 15.0. The van der Waals surface area contributed by atoms with Gasteiger partial charge in [0, 0.05) is 32.8 Å². The fraction of sp³-hybridized carbons (Fsp3) is 0. The number of hydrogen-bond donors (Lipinski definition) is 0. The molecule has 2 heterocycles. The third-order valence-electron chi connectivity index (χ3n) is 12.0. The first-order valence-corrected chi connectivity index (χ1v) is 20.2. The van der Waals surface area contributed by atoms with Crippen molar-refractivity contribution in [3.05, 3.63) is 212 Å². The second-order valence-corrected chi connectivity index (χ2v) is 15.3. The normalized spacial score (nSPS) is 11.7. The van der Waals surface area contributed by atoms with E-state index >= 15 is 0 Å². The Morgan fingerprint density at radius 1 is 0.305 bits per heavy atom. The first-order valence-electron chi connectivity index (χ1n) is 20.2. The highest BCUT2D eigenvalue weighted by molar-refractivity contribution is 6.23. The average molecular weight is 750 g/mol. The van der Waals surface area contributed by atoms with E-state index in [2.05, 4.69) is 211 Å². The van der Waals surface area contributed by atoms with Gasteiger partial charge < -0.3 is 4.57 Å². The number of para-hydroxylation sites is 2. The van der Waals surface area contributed by atoms with Crippen LogP contribution in [0.15, 0.2) is 212 Å². The Morgan fingerprint density at radius 2 is 0.847 bits per heavy atom. The van der Waals surface area contributed by atoms with Crippen LogP contribution in [0.25, 0.3) is 115 Å². The van der Waals surface area contributed by atoms with Crippen molar-refractivity contribution in [3.63, 3.8) is 0 Å². The van der Waals surface area contributed by atoms with E-state index in [0.717, 1.165) is 44.2 Å². The molecule has 2 aromatic heterocycles. The van der Waals surface area contributed by atoms with Gasteiger partial charge in [-0.2, -0.15) is 0 Å². The number of benzene rings is 10. The molecule has 274 valence electrons. The molecule has 0 spiro atoms. The van der Waals surface area contributed by atoms with Gasteiger partial charge in [-0.15, -0.1) is 0 Å². The van der Waals surface area contributed by atoms with Crippen molar-refractivity contribution in [2.45, 2.75) is 0 Å². The van der Waals surface area contributed by atoms with Crippen molar-refractivity contribution in [2.75, 3.05) is 0 Å². The van der Waals surface area contributed by atoms with Crippen LogP contribution in [0.5, 0.6) is 0 Å². The van der Waals surface area contributed by atoms with Crippen LogP contribution in [0.4, 0.5) is 0 Å². The van der Waals surface area contributed by atoms with Crippen LogP contribution >= 0.6 is 0 Å². The molecule has 0 bridgehead atoms. The van der Waals surface area contributed by atoms with Crippen LogP contribution in [0.1, 0.15) is 0 Å². The van der Waals surface area contributed by atoms with E-state index < -0.39 is 0 Å². The van der Waals surface area contributed by atoms with Crippen LogP contribution in [0.2, 0.25) is 0 Å². The summed E-state index contributed by atoms with van der Waals surface area (Å²) in [5.74, 6) is 0. The monoisotopic (exact) mass is 749 g/mol. The van der Waals surface area contributed by atoms with E-state index in [1.807, 2.05) is 6.20 Å². The Morgan fingerprint density at radius 3 is 1.59 bits per heavy atom. The van der Waals surface area contributed by atoms with Crippen LogP contribution in [0.3, 0.4) is 0 Å². The summed E-state index contributed by atoms with van der Waals surface area (Å²) in [5, 5.41) is 9.64. The summed E-state index contributed by atoms with van der Waals surface area (Å²) < 4.78 is 2.37. The topological polar surface area (TPSA) is 30.7 Å². The van der Waals surface area contributed by atoms with Crippen LogP contribution < -0.4 is 0 Å². The highest BCUT2D eigenvalue weighted by Gasteiger charge is 2.16. The standard InChI is InChI=1S/C56H35N3/c1-2-15-41(16-3-1)59-53-26-9-8-19-48(53)51-34-39(31-32-54(51)59)43-23-12-24-44-42(22-11-25-45(43)44)37-29-27-36(28-30-37)38-13-10-14-40(33-38)52-35-57-55-49-20-6-4-17-46(49)47-18-5-7-21-50(47)56(55)58-52/h1-35H. The molecule has 0 amide bonds. The molecule has 0 aliphatic rings. The summed E-state index contributed by atoms with van der Waals surface area (Å²) in [4.78, 5) is 10.3. The molecule has 3 heteroatoms. The molecule has 3 nitrogen and oxygen atoms in total. The van der Waals surface area contributed by atoms with E-state index in [1.165, 1.54) is 71.3 Å². The number of hydrogen-bond acceptors (Lipinski definition) is 2. The lowest BCUT2D eigenvalue weighted by Crippen LogP contribution is -1.92. The number of aromatic nitrogens is 3. The molecule has 0 radical (unpaired) electrons. The average Bonchev–Trinajstić information content (AvgIpc) is 3.65. The maximum Gasteiger partial charge on any atom is 0.0979 e. The molecule has 0 aliphatic heterocycles. The minimum Gasteiger partial charge on any atom is -0.309 e. The minimum absolute atomic E-state index is 0.865. The Balaban J connectivity index is 0.900. The van der Waals surface area contributed by atoms with Crippen molar-refractivity contribution in [1.29, 1.82) is 0 Å². The van der Waals surface area contributed by atoms with Crippen molar-refractivity contribution in [3.8, 4) is 50.3 Å². The van der Waals surface area contributed by atoms with Gasteiger partial charge >= 0.3 is 0 Å². The predicted molar refractivity (Wildman–Crippen MR) is 248 cm³/mol. The molecule has 10 aromatic carbocycles. The molecule has 0 fully saturated rings. The summed E-state index contributed by atoms with van der Waals surface area (Å²) in [6.07, 6.45) is 1.92. The SMILES string of the molecule is c1ccc(-n2c3ccccc3c3cc(-c4cccc5c(-c6ccc(-c7cccc(-c8cnc9c%10ccccc%10c%10ccccc%10c9n8)c7)cc6)cccc45)ccc32)cc1. The van der Waals surface area contributed by atoms with Crippen LogP contribution in [-0.4, -0.2) is 14.5 Å². The first kappa shape index (κ1) is 33.3. The van der Waals surface area contributed by atoms with Gasteiger partial charge in [-0.1, -0.05) is 170 Å². The fourth-order valence-electron chi connectivity index (χ4n) is 9.27. The second kappa shape index (κ2) is 13.4. The maximum atomic E-state index is 5.25. The van der Waals surface area contributed by atoms with E-state index in [-0.39, 0.29) is 0 Å². The summed E-state index contributed by atoms with van der Waals surface area (Å²) in [7, 11) is 0. The van der Waals surface area contributed by atoms with Gasteiger partial charge in [-0.25, -0.2) is 4.98 Å². The lowest BCUT2D eigenvalue weighted by atomic mass is 9.91. The molecule has 0 saturated heterocycles. The zero-order valence-corrected chi connectivity index (χ0v) is 32.0. The first-order chi connectivity index (χ1) is 29.3. The third-order valence-corrected chi connectivity index (χ3v) is 12.0. The summed E-state index contributed by atoms with van der Waals surface area (Å²) in [5.41, 5.74) is 14.5. The molecular weight excluding hydrogens is 715 g/mol. The van der Waals surface area contributed by atoms with E-state index in [1.54, 1.807) is 0 Å². The van der Waals surface area contributed by atoms with E-state index in [0.29, 0.717) is 0 Å². The zero-order valence-electron chi connectivity index (χ0n) is 32.0. The van der Waals surface area contributed by atoms with Gasteiger partial charge in [0.15, 0.2) is 0 Å². The molecule has 0 aliphatic carbocycles. The van der Waals surface area contributed by atoms with Crippen LogP contribution in [0, 0.1) is 0 Å². The Labute approximate surface area is 341 Å². The molecule has 0 atom stereocenters. The maximum absolute atomic E-state index is 5.25. The number of rotatable bonds is 5. The van der Waals surface area contributed by atoms with Gasteiger partial charge in [0.05, 0.1) is 34.0 Å². The third kappa shape index (κ3) is 5.36. The van der Waals surface area contributed by atoms with Crippen molar-refractivity contribution >= 4 is 65.2 Å². The summed E-state index contributed by atoms with van der Waals surface area (Å²) in [6, 6.07) is 74.3. The summed E-state index contributed by atoms with van der Waals surface area (Å²) in [6.45, 7) is 0. The van der Waals surface area contributed by atoms with Gasteiger partial charge in [-0.3, -0.25) is 4.98 Å².